The summed E-state index contributed by atoms with van der Waals surface area (Å²) in [6.07, 6.45) is 17.7. The van der Waals surface area contributed by atoms with Gasteiger partial charge in [0.1, 0.15) is 0 Å². The molecule has 0 amide bonds. The van der Waals surface area contributed by atoms with E-state index in [-0.39, 0.29) is 68.6 Å². The van der Waals surface area contributed by atoms with Crippen molar-refractivity contribution in [3.63, 3.8) is 0 Å². The van der Waals surface area contributed by atoms with Crippen LogP contribution in [-0.4, -0.2) is 25.2 Å². The fourth-order valence-electron chi connectivity index (χ4n) is 6.47. The Morgan fingerprint density at radius 1 is 0.500 bits per heavy atom. The molecule has 52 heavy (non-hydrogen) atoms. The predicted octanol–water partition coefficient (Wildman–Crippen LogP) is 10.9. The van der Waals surface area contributed by atoms with Crippen molar-refractivity contribution in [3.05, 3.63) is 33.0 Å². The fourth-order valence-corrected chi connectivity index (χ4v) is 6.47. The Labute approximate surface area is 306 Å². The summed E-state index contributed by atoms with van der Waals surface area (Å²) in [5.74, 6) is -0.806. The Bertz CT molecular complexity index is 1700. The van der Waals surface area contributed by atoms with Gasteiger partial charge < -0.3 is 27.8 Å². The molecule has 0 aliphatic carbocycles. The number of carbonyl (C=O) groups is 2. The first-order valence-electron chi connectivity index (χ1n) is 19.9. The lowest BCUT2D eigenvalue weighted by molar-refractivity contribution is -0.135. The number of hydrogen-bond donors (Lipinski definition) is 0. The van der Waals surface area contributed by atoms with Crippen molar-refractivity contribution < 1.29 is 37.4 Å². The van der Waals surface area contributed by atoms with Crippen LogP contribution in [0.5, 0.6) is 23.0 Å². The number of unbranched alkanes of at least 4 members (excludes halogenated alkanes) is 14. The average molecular weight is 723 g/mol. The molecule has 0 radical (unpaired) electrons. The largest absolute Gasteiger partial charge is 0.486 e. The maximum absolute atomic E-state index is 13.8. The Morgan fingerprint density at radius 3 is 1.23 bits per heavy atom. The van der Waals surface area contributed by atoms with Gasteiger partial charge in [-0.05, 0) is 25.7 Å². The molecule has 4 rings (SSSR count). The van der Waals surface area contributed by atoms with Crippen molar-refractivity contribution in [3.8, 4) is 23.0 Å². The molecule has 10 heteroatoms. The van der Waals surface area contributed by atoms with Gasteiger partial charge in [0, 0.05) is 35.7 Å². The van der Waals surface area contributed by atoms with E-state index in [0.717, 1.165) is 89.9 Å². The topological polar surface area (TPSA) is 131 Å². The van der Waals surface area contributed by atoms with E-state index in [2.05, 4.69) is 13.8 Å². The van der Waals surface area contributed by atoms with Crippen molar-refractivity contribution in [1.82, 2.24) is 0 Å². The van der Waals surface area contributed by atoms with Crippen LogP contribution in [-0.2, 0) is 9.59 Å². The second-order valence-corrected chi connectivity index (χ2v) is 13.8. The van der Waals surface area contributed by atoms with Gasteiger partial charge in [-0.25, -0.2) is 9.59 Å². The van der Waals surface area contributed by atoms with E-state index in [9.17, 15) is 19.2 Å². The Balaban J connectivity index is 1.82. The molecule has 0 saturated heterocycles. The van der Waals surface area contributed by atoms with Crippen LogP contribution in [0, 0.1) is 0 Å². The van der Waals surface area contributed by atoms with Crippen molar-refractivity contribution >= 4 is 44.6 Å². The van der Waals surface area contributed by atoms with Gasteiger partial charge in [-0.1, -0.05) is 118 Å². The summed E-state index contributed by atoms with van der Waals surface area (Å²) in [5, 5.41) is 0.695. The highest BCUT2D eigenvalue weighted by Gasteiger charge is 2.29. The molecule has 0 aliphatic rings. The standard InChI is InChI=1S/C42H58O10/c1-5-9-13-15-17-21-25-47-37-31(49-33(43)23-19-11-7-3)27-29-35-36-30(41(45)51-39(35)37)28-32(50-34(44)24-20-12-8-4)38(40(36)52-42(29)46)48-26-22-18-16-14-10-6-2/h27-28H,5-26H2,1-4H3. The average Bonchev–Trinajstić information content (AvgIpc) is 3.12. The molecule has 2 heterocycles. The second-order valence-electron chi connectivity index (χ2n) is 13.8. The van der Waals surface area contributed by atoms with Crippen molar-refractivity contribution in [1.29, 1.82) is 0 Å². The van der Waals surface area contributed by atoms with Crippen molar-refractivity contribution in [2.75, 3.05) is 13.2 Å². The molecule has 2 aromatic heterocycles. The molecule has 0 spiro atoms. The van der Waals surface area contributed by atoms with Crippen LogP contribution in [0.2, 0.25) is 0 Å². The smallest absolute Gasteiger partial charge is 0.344 e. The van der Waals surface area contributed by atoms with Gasteiger partial charge in [-0.2, -0.15) is 0 Å². The third-order valence-electron chi connectivity index (χ3n) is 9.39. The van der Waals surface area contributed by atoms with Gasteiger partial charge in [-0.15, -0.1) is 0 Å². The summed E-state index contributed by atoms with van der Waals surface area (Å²) in [6.45, 7) is 9.02. The summed E-state index contributed by atoms with van der Waals surface area (Å²) in [4.78, 5) is 53.4. The molecule has 0 N–H and O–H groups in total. The SMILES string of the molecule is CCCCCCCCOc1c(OC(=O)CCCCC)cc2c(=O)oc3c(OCCCCCCCC)c(OC(=O)CCCCC)cc4c(=O)oc1c2c34. The van der Waals surface area contributed by atoms with Gasteiger partial charge in [0.15, 0.2) is 22.7 Å². The van der Waals surface area contributed by atoms with Crippen LogP contribution < -0.4 is 30.2 Å². The minimum Gasteiger partial charge on any atom is -0.486 e. The molecule has 10 nitrogen and oxygen atoms in total. The van der Waals surface area contributed by atoms with Gasteiger partial charge in [-0.3, -0.25) is 9.59 Å². The summed E-state index contributed by atoms with van der Waals surface area (Å²) in [7, 11) is 0. The molecule has 2 aromatic carbocycles. The summed E-state index contributed by atoms with van der Waals surface area (Å²) < 4.78 is 35.9. The fraction of sp³-hybridized carbons (Fsp3) is 0.619. The summed E-state index contributed by atoms with van der Waals surface area (Å²) in [5.41, 5.74) is -1.54. The summed E-state index contributed by atoms with van der Waals surface area (Å²) in [6, 6.07) is 2.86. The number of ether oxygens (including phenoxy) is 4. The zero-order valence-corrected chi connectivity index (χ0v) is 31.8. The third kappa shape index (κ3) is 11.0. The lowest BCUT2D eigenvalue weighted by atomic mass is 10.0. The number of hydrogen-bond acceptors (Lipinski definition) is 10. The molecule has 0 unspecified atom stereocenters. The Kier molecular flexibility index (Phi) is 16.8. The first kappa shape index (κ1) is 40.7. The van der Waals surface area contributed by atoms with Crippen LogP contribution in [0.1, 0.15) is 156 Å². The lowest BCUT2D eigenvalue weighted by Gasteiger charge is -2.18. The van der Waals surface area contributed by atoms with Crippen LogP contribution in [0.4, 0.5) is 0 Å². The number of rotatable bonds is 26. The highest BCUT2D eigenvalue weighted by Crippen LogP contribution is 2.46. The Morgan fingerprint density at radius 2 is 0.846 bits per heavy atom. The maximum atomic E-state index is 13.8. The monoisotopic (exact) mass is 722 g/mol. The van der Waals surface area contributed by atoms with Crippen molar-refractivity contribution in [2.45, 2.75) is 156 Å². The third-order valence-corrected chi connectivity index (χ3v) is 9.39. The zero-order chi connectivity index (χ0) is 37.3. The van der Waals surface area contributed by atoms with E-state index < -0.39 is 23.2 Å². The van der Waals surface area contributed by atoms with E-state index in [1.807, 2.05) is 13.8 Å². The van der Waals surface area contributed by atoms with Crippen LogP contribution >= 0.6 is 0 Å². The van der Waals surface area contributed by atoms with E-state index >= 15 is 0 Å². The molecule has 0 saturated carbocycles. The molecule has 286 valence electrons. The molecule has 4 aromatic rings. The second kappa shape index (κ2) is 21.4. The quantitative estimate of drug-likeness (QED) is 0.0203. The van der Waals surface area contributed by atoms with Gasteiger partial charge in [0.2, 0.25) is 11.5 Å². The van der Waals surface area contributed by atoms with Crippen LogP contribution in [0.3, 0.4) is 0 Å². The summed E-state index contributed by atoms with van der Waals surface area (Å²) >= 11 is 0. The predicted molar refractivity (Wildman–Crippen MR) is 205 cm³/mol. The first-order chi connectivity index (χ1) is 25.3. The highest BCUT2D eigenvalue weighted by molar-refractivity contribution is 6.22. The van der Waals surface area contributed by atoms with Gasteiger partial charge in [0.25, 0.3) is 0 Å². The van der Waals surface area contributed by atoms with Gasteiger partial charge in [0.05, 0.1) is 24.0 Å². The van der Waals surface area contributed by atoms with Crippen molar-refractivity contribution in [2.24, 2.45) is 0 Å². The minimum atomic E-state index is -0.755. The highest BCUT2D eigenvalue weighted by atomic mass is 16.6. The number of carbonyl (C=O) groups excluding carboxylic acids is 2. The van der Waals surface area contributed by atoms with Gasteiger partial charge >= 0.3 is 23.2 Å². The minimum absolute atomic E-state index is 0.00458. The molecule has 0 atom stereocenters. The van der Waals surface area contributed by atoms with E-state index in [0.29, 0.717) is 26.1 Å². The van der Waals surface area contributed by atoms with E-state index in [4.69, 9.17) is 27.8 Å². The molecule has 0 fully saturated rings. The lowest BCUT2D eigenvalue weighted by Crippen LogP contribution is -2.14. The maximum Gasteiger partial charge on any atom is 0.344 e. The number of benzene rings is 2. The molecule has 0 bridgehead atoms. The first-order valence-corrected chi connectivity index (χ1v) is 19.9. The molecular formula is C42H58O10. The molecule has 0 aliphatic heterocycles. The zero-order valence-electron chi connectivity index (χ0n) is 31.8. The van der Waals surface area contributed by atoms with E-state index in [1.165, 1.54) is 25.0 Å². The Hall–Kier alpha value is -4.08. The number of esters is 2. The van der Waals surface area contributed by atoms with Crippen LogP contribution in [0.15, 0.2) is 30.6 Å². The molecular weight excluding hydrogens is 664 g/mol. The van der Waals surface area contributed by atoms with Crippen LogP contribution in [0.25, 0.3) is 32.7 Å². The normalized spacial score (nSPS) is 11.5. The van der Waals surface area contributed by atoms with E-state index in [1.54, 1.807) is 0 Å².